The predicted octanol–water partition coefficient (Wildman–Crippen LogP) is 1.56. The minimum Gasteiger partial charge on any atom is -0.352 e. The number of nitrogens with zero attached hydrogens (tertiary/aromatic N) is 1. The van der Waals surface area contributed by atoms with Gasteiger partial charge in [0.15, 0.2) is 6.17 Å². The van der Waals surface area contributed by atoms with E-state index < -0.39 is 12.1 Å². The summed E-state index contributed by atoms with van der Waals surface area (Å²) in [7, 11) is 0. The van der Waals surface area contributed by atoms with E-state index in [1.807, 2.05) is 6.07 Å². The first kappa shape index (κ1) is 16.6. The van der Waals surface area contributed by atoms with Crippen molar-refractivity contribution in [2.45, 2.75) is 25.4 Å². The third-order valence-electron chi connectivity index (χ3n) is 2.83. The molecule has 0 aliphatic rings. The number of unbranched alkanes of at least 4 members (excludes halogenated alkanes) is 1. The molecule has 1 unspecified atom stereocenters. The molecule has 112 valence electrons. The summed E-state index contributed by atoms with van der Waals surface area (Å²) in [4.78, 5) is 22.8. The summed E-state index contributed by atoms with van der Waals surface area (Å²) in [6, 6.07) is 10.5. The summed E-state index contributed by atoms with van der Waals surface area (Å²) in [5.41, 5.74) is 0.580. The molecule has 2 amide bonds. The van der Waals surface area contributed by atoms with Crippen molar-refractivity contribution in [2.24, 2.45) is 0 Å². The van der Waals surface area contributed by atoms with Crippen LogP contribution in [0, 0.1) is 11.3 Å². The van der Waals surface area contributed by atoms with E-state index in [1.165, 1.54) is 0 Å². The number of nitrogens with one attached hydrogen (secondary N) is 2. The molecule has 1 atom stereocenters. The van der Waals surface area contributed by atoms with Gasteiger partial charge in [-0.15, -0.1) is 0 Å². The molecule has 0 saturated carbocycles. The zero-order valence-electron chi connectivity index (χ0n) is 11.6. The molecule has 0 aliphatic heterocycles. The van der Waals surface area contributed by atoms with Crippen LogP contribution in [-0.4, -0.2) is 31.1 Å². The monoisotopic (exact) mass is 291 g/mol. The molecule has 2 N–H and O–H groups in total. The molecule has 0 aliphatic carbocycles. The van der Waals surface area contributed by atoms with Crippen molar-refractivity contribution in [3.8, 4) is 6.07 Å². The molecule has 1 aromatic rings. The Morgan fingerprint density at radius 2 is 1.90 bits per heavy atom. The van der Waals surface area contributed by atoms with Gasteiger partial charge in [-0.3, -0.25) is 9.59 Å². The molecule has 0 saturated heterocycles. The van der Waals surface area contributed by atoms with Gasteiger partial charge in [0.2, 0.25) is 0 Å². The van der Waals surface area contributed by atoms with Gasteiger partial charge >= 0.3 is 0 Å². The van der Waals surface area contributed by atoms with Crippen molar-refractivity contribution >= 4 is 11.8 Å². The maximum Gasteiger partial charge on any atom is 0.255 e. The summed E-state index contributed by atoms with van der Waals surface area (Å²) in [5.74, 6) is -0.927. The molecule has 0 radical (unpaired) electrons. The normalized spacial score (nSPS) is 11.2. The van der Waals surface area contributed by atoms with E-state index in [1.54, 1.807) is 30.3 Å². The zero-order valence-corrected chi connectivity index (χ0v) is 11.6. The quantitative estimate of drug-likeness (QED) is 0.563. The van der Waals surface area contributed by atoms with Crippen LogP contribution in [0.15, 0.2) is 30.3 Å². The molecule has 1 rings (SSSR count). The Hall–Kier alpha value is -2.42. The Bertz CT molecular complexity index is 499. The summed E-state index contributed by atoms with van der Waals surface area (Å²) in [6.07, 6.45) is -0.456. The van der Waals surface area contributed by atoms with E-state index in [4.69, 9.17) is 5.26 Å². The van der Waals surface area contributed by atoms with Crippen LogP contribution >= 0.6 is 0 Å². The third-order valence-corrected chi connectivity index (χ3v) is 2.83. The van der Waals surface area contributed by atoms with Crippen molar-refractivity contribution in [2.75, 3.05) is 13.1 Å². The molecule has 0 aromatic heterocycles. The van der Waals surface area contributed by atoms with Crippen LogP contribution in [0.3, 0.4) is 0 Å². The molecule has 1 aromatic carbocycles. The van der Waals surface area contributed by atoms with Gasteiger partial charge < -0.3 is 10.6 Å². The SMILES string of the molecule is N#CCNC(=O)C(F)CCCCNC(=O)c1ccccc1. The first-order valence-electron chi connectivity index (χ1n) is 6.77. The fraction of sp³-hybridized carbons (Fsp3) is 0.400. The number of benzene rings is 1. The smallest absolute Gasteiger partial charge is 0.255 e. The predicted molar refractivity (Wildman–Crippen MR) is 76.1 cm³/mol. The topological polar surface area (TPSA) is 82.0 Å². The fourth-order valence-corrected chi connectivity index (χ4v) is 1.71. The number of rotatable bonds is 8. The van der Waals surface area contributed by atoms with Crippen molar-refractivity contribution in [1.82, 2.24) is 10.6 Å². The van der Waals surface area contributed by atoms with Crippen LogP contribution in [0.5, 0.6) is 0 Å². The number of carbonyl (C=O) groups is 2. The second kappa shape index (κ2) is 9.48. The number of nitriles is 1. The average molecular weight is 291 g/mol. The Kier molecular flexibility index (Phi) is 7.51. The number of hydrogen-bond acceptors (Lipinski definition) is 3. The number of halogens is 1. The second-order valence-corrected chi connectivity index (χ2v) is 4.46. The first-order chi connectivity index (χ1) is 10.1. The Balaban J connectivity index is 2.13. The third kappa shape index (κ3) is 6.52. The highest BCUT2D eigenvalue weighted by Crippen LogP contribution is 2.05. The van der Waals surface area contributed by atoms with Gasteiger partial charge in [0.1, 0.15) is 6.54 Å². The first-order valence-corrected chi connectivity index (χ1v) is 6.77. The standard InChI is InChI=1S/C15H18FN3O2/c16-13(15(21)19-11-9-17)8-4-5-10-18-14(20)12-6-2-1-3-7-12/h1-3,6-7,13H,4-5,8,10-11H2,(H,18,20)(H,19,21). The molecule has 0 spiro atoms. The molecule has 0 fully saturated rings. The molecular weight excluding hydrogens is 273 g/mol. The number of amides is 2. The lowest BCUT2D eigenvalue weighted by molar-refractivity contribution is -0.125. The van der Waals surface area contributed by atoms with Crippen LogP contribution in [0.1, 0.15) is 29.6 Å². The van der Waals surface area contributed by atoms with Crippen LogP contribution in [0.2, 0.25) is 0 Å². The maximum absolute atomic E-state index is 13.4. The minimum absolute atomic E-state index is 0.0818. The summed E-state index contributed by atoms with van der Waals surface area (Å²) >= 11 is 0. The number of alkyl halides is 1. The zero-order chi connectivity index (χ0) is 15.5. The maximum atomic E-state index is 13.4. The minimum atomic E-state index is -1.61. The summed E-state index contributed by atoms with van der Waals surface area (Å²) in [5, 5.41) is 13.2. The van der Waals surface area contributed by atoms with Crippen LogP contribution in [-0.2, 0) is 4.79 Å². The lowest BCUT2D eigenvalue weighted by Crippen LogP contribution is -2.32. The summed E-state index contributed by atoms with van der Waals surface area (Å²) < 4.78 is 13.4. The highest BCUT2D eigenvalue weighted by atomic mass is 19.1. The van der Waals surface area contributed by atoms with Crippen molar-refractivity contribution < 1.29 is 14.0 Å². The van der Waals surface area contributed by atoms with E-state index in [-0.39, 0.29) is 18.9 Å². The summed E-state index contributed by atoms with van der Waals surface area (Å²) in [6.45, 7) is 0.243. The molecule has 21 heavy (non-hydrogen) atoms. The van der Waals surface area contributed by atoms with Crippen LogP contribution < -0.4 is 10.6 Å². The molecular formula is C15H18FN3O2. The van der Waals surface area contributed by atoms with Gasteiger partial charge in [-0.05, 0) is 31.4 Å². The number of carbonyl (C=O) groups excluding carboxylic acids is 2. The van der Waals surface area contributed by atoms with Gasteiger partial charge in [-0.1, -0.05) is 18.2 Å². The highest BCUT2D eigenvalue weighted by Gasteiger charge is 2.15. The Morgan fingerprint density at radius 3 is 2.57 bits per heavy atom. The average Bonchev–Trinajstić information content (AvgIpc) is 2.52. The van der Waals surface area contributed by atoms with Crippen LogP contribution in [0.4, 0.5) is 4.39 Å². The Morgan fingerprint density at radius 1 is 1.19 bits per heavy atom. The highest BCUT2D eigenvalue weighted by molar-refractivity contribution is 5.94. The number of hydrogen-bond donors (Lipinski definition) is 2. The van der Waals surface area contributed by atoms with Crippen molar-refractivity contribution in [1.29, 1.82) is 5.26 Å². The molecule has 0 heterocycles. The van der Waals surface area contributed by atoms with Gasteiger partial charge in [0.05, 0.1) is 6.07 Å². The largest absolute Gasteiger partial charge is 0.352 e. The van der Waals surface area contributed by atoms with Crippen LogP contribution in [0.25, 0.3) is 0 Å². The van der Waals surface area contributed by atoms with E-state index in [0.717, 1.165) is 0 Å². The van der Waals surface area contributed by atoms with Gasteiger partial charge in [-0.25, -0.2) is 4.39 Å². The van der Waals surface area contributed by atoms with Gasteiger partial charge in [-0.2, -0.15) is 5.26 Å². The van der Waals surface area contributed by atoms with Crippen molar-refractivity contribution in [3.05, 3.63) is 35.9 Å². The molecule has 0 bridgehead atoms. The molecule has 6 heteroatoms. The second-order valence-electron chi connectivity index (χ2n) is 4.46. The van der Waals surface area contributed by atoms with E-state index in [9.17, 15) is 14.0 Å². The van der Waals surface area contributed by atoms with Gasteiger partial charge in [0, 0.05) is 12.1 Å². The lowest BCUT2D eigenvalue weighted by atomic mass is 10.1. The van der Waals surface area contributed by atoms with E-state index >= 15 is 0 Å². The van der Waals surface area contributed by atoms with Gasteiger partial charge in [0.25, 0.3) is 11.8 Å². The Labute approximate surface area is 123 Å². The van der Waals surface area contributed by atoms with E-state index in [0.29, 0.717) is 24.9 Å². The fourth-order valence-electron chi connectivity index (χ4n) is 1.71. The lowest BCUT2D eigenvalue weighted by Gasteiger charge is -2.08. The van der Waals surface area contributed by atoms with E-state index in [2.05, 4.69) is 10.6 Å². The van der Waals surface area contributed by atoms with Crippen molar-refractivity contribution in [3.63, 3.8) is 0 Å². The molecule has 5 nitrogen and oxygen atoms in total.